The number of sulfone groups is 5. The van der Waals surface area contributed by atoms with Crippen molar-refractivity contribution in [2.45, 2.75) is 117 Å². The molecule has 0 bridgehead atoms. The van der Waals surface area contributed by atoms with E-state index >= 15 is 0 Å². The Morgan fingerprint density at radius 1 is 0.319 bits per heavy atom. The third kappa shape index (κ3) is 10.6. The van der Waals surface area contributed by atoms with Gasteiger partial charge in [0.1, 0.15) is 14.7 Å². The van der Waals surface area contributed by atoms with Gasteiger partial charge in [0.05, 0.1) is 48.8 Å². The van der Waals surface area contributed by atoms with Gasteiger partial charge in [-0.2, -0.15) is 25.3 Å². The summed E-state index contributed by atoms with van der Waals surface area (Å²) < 4.78 is 243. The molecule has 0 saturated carbocycles. The van der Waals surface area contributed by atoms with Crippen molar-refractivity contribution in [3.05, 3.63) is 132 Å². The highest BCUT2D eigenvalue weighted by molar-refractivity contribution is 7.94. The van der Waals surface area contributed by atoms with Crippen LogP contribution in [0.5, 0.6) is 0 Å². The fourth-order valence-corrected chi connectivity index (χ4v) is 17.6. The molecule has 0 aliphatic rings. The maximum absolute atomic E-state index is 14.2. The monoisotopic (exact) mass is 1140 g/mol. The van der Waals surface area contributed by atoms with Crippen LogP contribution in [-0.2, 0) is 85.0 Å². The zero-order valence-electron chi connectivity index (χ0n) is 38.7. The van der Waals surface area contributed by atoms with Crippen molar-refractivity contribution < 1.29 is 81.0 Å². The summed E-state index contributed by atoms with van der Waals surface area (Å²) in [7, 11) is -40.2. The van der Waals surface area contributed by atoms with E-state index in [-0.39, 0.29) is 31.9 Å². The SMILES string of the molecule is Cc1cc(C(C)(C)C)ccc1S(=O)(=O)c1ccc(-c2ccc(S(=O)(=O)c3ccc(S(=O)(=O)c4ccc(S(=O)(=O)c5ccc(S(=O)(=O)C(C)(C)C)cc5)cc4)cc3S(=O)(=O)O)c(S(=O)(=O)O)c2)cc1S(=O)(=O)O. The van der Waals surface area contributed by atoms with Gasteiger partial charge in [0.2, 0.25) is 39.3 Å². The van der Waals surface area contributed by atoms with E-state index in [2.05, 4.69) is 0 Å². The van der Waals surface area contributed by atoms with Gasteiger partial charge in [-0.25, -0.2) is 42.1 Å². The fourth-order valence-electron chi connectivity index (χ4n) is 7.18. The molecule has 0 aliphatic carbocycles. The Balaban J connectivity index is 1.39. The van der Waals surface area contributed by atoms with E-state index in [9.17, 15) is 81.0 Å². The zero-order valence-corrected chi connectivity index (χ0v) is 45.2. The molecular formula is C45H44O19S8. The van der Waals surface area contributed by atoms with Crippen LogP contribution in [0, 0.1) is 6.92 Å². The van der Waals surface area contributed by atoms with Gasteiger partial charge in [-0.15, -0.1) is 0 Å². The van der Waals surface area contributed by atoms with E-state index in [1.54, 1.807) is 6.07 Å². The van der Waals surface area contributed by atoms with Gasteiger partial charge in [0.15, 0.2) is 9.84 Å². The van der Waals surface area contributed by atoms with Crippen molar-refractivity contribution in [3.8, 4) is 11.1 Å². The first-order valence-electron chi connectivity index (χ1n) is 20.5. The standard InChI is InChI=1S/C45H44O19S8/c1-28-24-31(44(2,3)4)10-22-37(28)67(50,51)38-20-8-29(25-41(38)70(56,57)58)30-9-21-39(42(26-30)71(59,60)61)68(52,53)40-23-19-36(27-43(40)72(62,63)64)66(48,49)34-13-11-32(12-14-34)65(46,47)33-15-17-35(18-16-33)69(54,55)45(5,6)7/h8-27H,1-7H3,(H,56,57,58)(H,59,60,61)(H,62,63,64). The average Bonchev–Trinajstić information content (AvgIpc) is 3.26. The number of aryl methyl sites for hydroxylation is 1. The van der Waals surface area contributed by atoms with Gasteiger partial charge >= 0.3 is 0 Å². The minimum atomic E-state index is -5.74. The molecule has 386 valence electrons. The minimum Gasteiger partial charge on any atom is -0.282 e. The summed E-state index contributed by atoms with van der Waals surface area (Å²) in [6.07, 6.45) is 0. The quantitative estimate of drug-likeness (QED) is 0.102. The van der Waals surface area contributed by atoms with Crippen LogP contribution < -0.4 is 0 Å². The molecule has 6 aromatic rings. The van der Waals surface area contributed by atoms with Crippen molar-refractivity contribution in [1.29, 1.82) is 0 Å². The van der Waals surface area contributed by atoms with Crippen molar-refractivity contribution >= 4 is 79.5 Å². The van der Waals surface area contributed by atoms with Crippen LogP contribution in [0.3, 0.4) is 0 Å². The molecule has 3 N–H and O–H groups in total. The Morgan fingerprint density at radius 2 is 0.625 bits per heavy atom. The summed E-state index contributed by atoms with van der Waals surface area (Å²) in [6, 6.07) is 17.5. The lowest BCUT2D eigenvalue weighted by atomic mass is 9.86. The third-order valence-corrected chi connectivity index (χ3v) is 24.1. The van der Waals surface area contributed by atoms with Crippen LogP contribution in [0.4, 0.5) is 0 Å². The van der Waals surface area contributed by atoms with Crippen LogP contribution in [0.25, 0.3) is 11.1 Å². The van der Waals surface area contributed by atoms with Crippen molar-refractivity contribution in [2.75, 3.05) is 0 Å². The lowest BCUT2D eigenvalue weighted by Crippen LogP contribution is -2.27. The smallest absolute Gasteiger partial charge is 0.282 e. The van der Waals surface area contributed by atoms with Gasteiger partial charge in [0.25, 0.3) is 30.4 Å². The molecule has 6 rings (SSSR count). The lowest BCUT2D eigenvalue weighted by molar-refractivity contribution is 0.477. The van der Waals surface area contributed by atoms with Gasteiger partial charge in [-0.1, -0.05) is 45.0 Å². The lowest BCUT2D eigenvalue weighted by Gasteiger charge is -2.21. The third-order valence-electron chi connectivity index (χ3n) is 11.2. The zero-order chi connectivity index (χ0) is 54.4. The molecule has 0 unspecified atom stereocenters. The minimum absolute atomic E-state index is 0.154. The highest BCUT2D eigenvalue weighted by atomic mass is 32.2. The van der Waals surface area contributed by atoms with E-state index in [0.717, 1.165) is 72.3 Å². The van der Waals surface area contributed by atoms with Crippen molar-refractivity contribution in [1.82, 2.24) is 0 Å². The van der Waals surface area contributed by atoms with E-state index in [1.165, 1.54) is 39.8 Å². The molecule has 0 fully saturated rings. The number of hydrogen-bond donors (Lipinski definition) is 3. The second-order valence-electron chi connectivity index (χ2n) is 18.2. The predicted molar refractivity (Wildman–Crippen MR) is 259 cm³/mol. The number of hydrogen-bond acceptors (Lipinski definition) is 16. The summed E-state index contributed by atoms with van der Waals surface area (Å²) in [4.78, 5) is -10.8. The van der Waals surface area contributed by atoms with Crippen LogP contribution in [0.15, 0.2) is 180 Å². The topological polar surface area (TPSA) is 334 Å². The number of rotatable bonds is 13. The second kappa shape index (κ2) is 18.3. The molecule has 0 atom stereocenters. The van der Waals surface area contributed by atoms with Gasteiger partial charge in [-0.05, 0) is 152 Å². The molecule has 19 nitrogen and oxygen atoms in total. The van der Waals surface area contributed by atoms with E-state index in [1.807, 2.05) is 20.8 Å². The van der Waals surface area contributed by atoms with E-state index in [4.69, 9.17) is 0 Å². The summed E-state index contributed by atoms with van der Waals surface area (Å²) in [5.41, 5.74) is -0.166. The Labute approximate surface area is 418 Å². The average molecular weight is 1150 g/mol. The number of benzene rings is 6. The summed E-state index contributed by atoms with van der Waals surface area (Å²) >= 11 is 0. The Bertz CT molecular complexity index is 4170. The summed E-state index contributed by atoms with van der Waals surface area (Å²) in [6.45, 7) is 11.5. The normalized spacial score (nSPS) is 13.8. The fraction of sp³-hybridized carbons (Fsp3) is 0.200. The largest absolute Gasteiger partial charge is 0.295 e. The molecule has 72 heavy (non-hydrogen) atoms. The molecule has 0 spiro atoms. The molecular weight excluding hydrogens is 1100 g/mol. The summed E-state index contributed by atoms with van der Waals surface area (Å²) in [5.74, 6) is 0. The Hall–Kier alpha value is -5.20. The first kappa shape index (κ1) is 56.1. The molecule has 0 aliphatic heterocycles. The highest BCUT2D eigenvalue weighted by Crippen LogP contribution is 2.39. The molecule has 0 saturated heterocycles. The maximum atomic E-state index is 14.2. The van der Waals surface area contributed by atoms with Gasteiger partial charge in [-0.3, -0.25) is 13.7 Å². The molecule has 27 heteroatoms. The maximum Gasteiger partial charge on any atom is 0.295 e. The second-order valence-corrected chi connectivity index (χ2v) is 32.7. The molecule has 6 aromatic carbocycles. The first-order chi connectivity index (χ1) is 32.5. The first-order valence-corrected chi connectivity index (χ1v) is 32.2. The van der Waals surface area contributed by atoms with Gasteiger partial charge in [0, 0.05) is 0 Å². The predicted octanol–water partition coefficient (Wildman–Crippen LogP) is 6.60. The molecule has 0 radical (unpaired) electrons. The Morgan fingerprint density at radius 3 is 0.972 bits per heavy atom. The van der Waals surface area contributed by atoms with Crippen LogP contribution in [0.1, 0.15) is 52.7 Å². The van der Waals surface area contributed by atoms with E-state index < -0.39 is 139 Å². The van der Waals surface area contributed by atoms with Crippen molar-refractivity contribution in [3.63, 3.8) is 0 Å². The van der Waals surface area contributed by atoms with Gasteiger partial charge < -0.3 is 0 Å². The molecule has 0 heterocycles. The highest BCUT2D eigenvalue weighted by Gasteiger charge is 2.36. The summed E-state index contributed by atoms with van der Waals surface area (Å²) in [5, 5.41) is 0. The van der Waals surface area contributed by atoms with E-state index in [0.29, 0.717) is 30.3 Å². The molecule has 0 amide bonds. The van der Waals surface area contributed by atoms with Crippen LogP contribution in [-0.4, -0.2) is 85.7 Å². The molecule has 0 aromatic heterocycles. The van der Waals surface area contributed by atoms with Crippen LogP contribution >= 0.6 is 0 Å². The Kier molecular flexibility index (Phi) is 14.3. The van der Waals surface area contributed by atoms with Crippen molar-refractivity contribution in [2.24, 2.45) is 0 Å². The van der Waals surface area contributed by atoms with Crippen LogP contribution in [0.2, 0.25) is 0 Å².